The number of aromatic nitrogens is 1. The zero-order chi connectivity index (χ0) is 21.6. The van der Waals surface area contributed by atoms with Crippen molar-refractivity contribution in [3.63, 3.8) is 0 Å². The van der Waals surface area contributed by atoms with Crippen molar-refractivity contribution in [3.8, 4) is 34.1 Å². The van der Waals surface area contributed by atoms with Gasteiger partial charge in [-0.05, 0) is 43.3 Å². The van der Waals surface area contributed by atoms with Crippen LogP contribution in [-0.4, -0.2) is 22.1 Å². The smallest absolute Gasteiger partial charge is 0.305 e. The summed E-state index contributed by atoms with van der Waals surface area (Å²) in [5.41, 5.74) is 2.41. The lowest BCUT2D eigenvalue weighted by molar-refractivity contribution is -0.137. The van der Waals surface area contributed by atoms with E-state index >= 15 is 0 Å². The van der Waals surface area contributed by atoms with Crippen molar-refractivity contribution in [1.82, 2.24) is 4.98 Å². The van der Waals surface area contributed by atoms with Crippen LogP contribution in [0.25, 0.3) is 22.6 Å². The van der Waals surface area contributed by atoms with Crippen LogP contribution in [0.15, 0.2) is 89.3 Å². The van der Waals surface area contributed by atoms with Gasteiger partial charge in [0, 0.05) is 17.2 Å². The third-order valence-corrected chi connectivity index (χ3v) is 4.62. The molecule has 4 rings (SSSR count). The molecule has 156 valence electrons. The number of hydrogen-bond acceptors (Lipinski definition) is 5. The van der Waals surface area contributed by atoms with Crippen LogP contribution in [0.5, 0.6) is 11.5 Å². The quantitative estimate of drug-likeness (QED) is 0.364. The zero-order valence-electron chi connectivity index (χ0n) is 17.0. The fourth-order valence-electron chi connectivity index (χ4n) is 3.19. The molecule has 4 aromatic rings. The number of oxazole rings is 1. The minimum atomic E-state index is -0.885. The SMILES string of the molecule is CC(CC(=O)O)Nc1nc(-c2ccc(Oc3ccccc3)cc2)c(-c2ccccc2)o1. The molecule has 1 aromatic heterocycles. The van der Waals surface area contributed by atoms with E-state index in [1.165, 1.54) is 0 Å². The molecule has 6 heteroatoms. The van der Waals surface area contributed by atoms with Crippen LogP contribution in [-0.2, 0) is 4.79 Å². The Morgan fingerprint density at radius 3 is 2.19 bits per heavy atom. The Bertz CT molecular complexity index is 1140. The molecule has 6 nitrogen and oxygen atoms in total. The van der Waals surface area contributed by atoms with Crippen molar-refractivity contribution in [3.05, 3.63) is 84.9 Å². The second kappa shape index (κ2) is 9.17. The third-order valence-electron chi connectivity index (χ3n) is 4.62. The summed E-state index contributed by atoms with van der Waals surface area (Å²) in [5, 5.41) is 12.0. The summed E-state index contributed by atoms with van der Waals surface area (Å²) in [5.74, 6) is 1.21. The van der Waals surface area contributed by atoms with Crippen LogP contribution >= 0.6 is 0 Å². The van der Waals surface area contributed by atoms with Crippen LogP contribution in [0.4, 0.5) is 6.01 Å². The molecule has 0 saturated carbocycles. The number of nitrogens with one attached hydrogen (secondary N) is 1. The average molecular weight is 414 g/mol. The highest BCUT2D eigenvalue weighted by Gasteiger charge is 2.19. The number of hydrogen-bond donors (Lipinski definition) is 2. The van der Waals surface area contributed by atoms with Gasteiger partial charge in [0.1, 0.15) is 17.2 Å². The Morgan fingerprint density at radius 1 is 0.935 bits per heavy atom. The molecule has 0 spiro atoms. The molecule has 1 atom stereocenters. The number of carboxylic acid groups (broad SMARTS) is 1. The minimum Gasteiger partial charge on any atom is -0.481 e. The van der Waals surface area contributed by atoms with E-state index in [4.69, 9.17) is 14.3 Å². The lowest BCUT2D eigenvalue weighted by Gasteiger charge is -2.08. The van der Waals surface area contributed by atoms with Gasteiger partial charge in [-0.15, -0.1) is 0 Å². The predicted molar refractivity (Wildman–Crippen MR) is 119 cm³/mol. The number of benzene rings is 3. The molecule has 0 aliphatic heterocycles. The van der Waals surface area contributed by atoms with Gasteiger partial charge in [0.05, 0.1) is 6.42 Å². The van der Waals surface area contributed by atoms with Gasteiger partial charge in [0.2, 0.25) is 0 Å². The van der Waals surface area contributed by atoms with Gasteiger partial charge in [0.15, 0.2) is 5.76 Å². The number of para-hydroxylation sites is 1. The van der Waals surface area contributed by atoms with E-state index in [0.717, 1.165) is 16.9 Å². The van der Waals surface area contributed by atoms with Gasteiger partial charge in [-0.25, -0.2) is 0 Å². The third kappa shape index (κ3) is 5.11. The molecular formula is C25H22N2O4. The van der Waals surface area contributed by atoms with Gasteiger partial charge in [-0.2, -0.15) is 4.98 Å². The number of carbonyl (C=O) groups is 1. The van der Waals surface area contributed by atoms with Gasteiger partial charge in [-0.1, -0.05) is 48.5 Å². The van der Waals surface area contributed by atoms with Crippen molar-refractivity contribution in [2.75, 3.05) is 5.32 Å². The number of ether oxygens (including phenoxy) is 1. The van der Waals surface area contributed by atoms with Crippen LogP contribution in [0.2, 0.25) is 0 Å². The normalized spacial score (nSPS) is 11.6. The molecule has 31 heavy (non-hydrogen) atoms. The maximum atomic E-state index is 11.0. The topological polar surface area (TPSA) is 84.6 Å². The van der Waals surface area contributed by atoms with Crippen LogP contribution in [0.1, 0.15) is 13.3 Å². The van der Waals surface area contributed by atoms with Crippen molar-refractivity contribution >= 4 is 12.0 Å². The summed E-state index contributed by atoms with van der Waals surface area (Å²) >= 11 is 0. The Balaban J connectivity index is 1.63. The molecule has 1 heterocycles. The molecule has 0 radical (unpaired) electrons. The Morgan fingerprint density at radius 2 is 1.55 bits per heavy atom. The lowest BCUT2D eigenvalue weighted by Crippen LogP contribution is -2.19. The van der Waals surface area contributed by atoms with Gasteiger partial charge >= 0.3 is 5.97 Å². The number of rotatable bonds is 8. The van der Waals surface area contributed by atoms with E-state index in [-0.39, 0.29) is 18.5 Å². The summed E-state index contributed by atoms with van der Waals surface area (Å²) in [6, 6.07) is 26.8. The van der Waals surface area contributed by atoms with Crippen molar-refractivity contribution < 1.29 is 19.1 Å². The van der Waals surface area contributed by atoms with Crippen molar-refractivity contribution in [2.45, 2.75) is 19.4 Å². The van der Waals surface area contributed by atoms with Crippen LogP contribution in [0, 0.1) is 0 Å². The number of anilines is 1. The highest BCUT2D eigenvalue weighted by Crippen LogP contribution is 2.35. The summed E-state index contributed by atoms with van der Waals surface area (Å²) in [6.07, 6.45) is -0.0378. The summed E-state index contributed by atoms with van der Waals surface area (Å²) in [7, 11) is 0. The highest BCUT2D eigenvalue weighted by molar-refractivity contribution is 5.78. The van der Waals surface area contributed by atoms with Gasteiger partial charge in [0.25, 0.3) is 6.01 Å². The second-order valence-corrected chi connectivity index (χ2v) is 7.15. The standard InChI is InChI=1S/C25H22N2O4/c1-17(16-22(28)29)26-25-27-23(24(31-25)19-8-4-2-5-9-19)18-12-14-21(15-13-18)30-20-10-6-3-7-11-20/h2-15,17H,16H2,1H3,(H,26,27)(H,28,29). The van der Waals surface area contributed by atoms with Gasteiger partial charge < -0.3 is 19.6 Å². The average Bonchev–Trinajstić information content (AvgIpc) is 3.18. The molecule has 0 bridgehead atoms. The molecule has 0 aliphatic carbocycles. The molecule has 0 fully saturated rings. The number of carboxylic acids is 1. The monoisotopic (exact) mass is 414 g/mol. The Kier molecular flexibility index (Phi) is 5.98. The maximum Gasteiger partial charge on any atom is 0.305 e. The largest absolute Gasteiger partial charge is 0.481 e. The molecular weight excluding hydrogens is 392 g/mol. The summed E-state index contributed by atoms with van der Waals surface area (Å²) in [6.45, 7) is 1.77. The number of nitrogens with zero attached hydrogens (tertiary/aromatic N) is 1. The molecule has 3 aromatic carbocycles. The first-order valence-electron chi connectivity index (χ1n) is 9.96. The first-order chi connectivity index (χ1) is 15.1. The second-order valence-electron chi connectivity index (χ2n) is 7.15. The van der Waals surface area contributed by atoms with E-state index < -0.39 is 5.97 Å². The van der Waals surface area contributed by atoms with Crippen LogP contribution < -0.4 is 10.1 Å². The predicted octanol–water partition coefficient (Wildman–Crippen LogP) is 6.08. The first-order valence-corrected chi connectivity index (χ1v) is 9.96. The zero-order valence-corrected chi connectivity index (χ0v) is 17.0. The van der Waals surface area contributed by atoms with Crippen molar-refractivity contribution in [1.29, 1.82) is 0 Å². The lowest BCUT2D eigenvalue weighted by atomic mass is 10.1. The van der Waals surface area contributed by atoms with Crippen LogP contribution in [0.3, 0.4) is 0 Å². The molecule has 0 saturated heterocycles. The van der Waals surface area contributed by atoms with Crippen molar-refractivity contribution in [2.24, 2.45) is 0 Å². The van der Waals surface area contributed by atoms with E-state index in [1.807, 2.05) is 84.9 Å². The minimum absolute atomic E-state index is 0.0378. The van der Waals surface area contributed by atoms with E-state index in [2.05, 4.69) is 10.3 Å². The summed E-state index contributed by atoms with van der Waals surface area (Å²) < 4.78 is 11.9. The maximum absolute atomic E-state index is 11.0. The van der Waals surface area contributed by atoms with E-state index in [9.17, 15) is 4.79 Å². The van der Waals surface area contributed by atoms with E-state index in [0.29, 0.717) is 17.2 Å². The molecule has 2 N–H and O–H groups in total. The number of aliphatic carboxylic acids is 1. The molecule has 1 unspecified atom stereocenters. The first kappa shape index (κ1) is 20.2. The fraction of sp³-hybridized carbons (Fsp3) is 0.120. The fourth-order valence-corrected chi connectivity index (χ4v) is 3.19. The summed E-state index contributed by atoms with van der Waals surface area (Å²) in [4.78, 5) is 15.6. The molecule has 0 aliphatic rings. The highest BCUT2D eigenvalue weighted by atomic mass is 16.5. The Hall–Kier alpha value is -4.06. The van der Waals surface area contributed by atoms with Gasteiger partial charge in [-0.3, -0.25) is 4.79 Å². The Labute approximate surface area is 180 Å². The van der Waals surface area contributed by atoms with E-state index in [1.54, 1.807) is 6.92 Å². The molecule has 0 amide bonds.